The fraction of sp³-hybridized carbons (Fsp3) is 0.455. The number of anilines is 1. The van der Waals surface area contributed by atoms with Gasteiger partial charge in [0.2, 0.25) is 27.6 Å². The fourth-order valence-electron chi connectivity index (χ4n) is 10.2. The molecule has 8 N–H and O–H groups in total. The van der Waals surface area contributed by atoms with E-state index >= 15 is 0 Å². The zero-order valence-corrected chi connectivity index (χ0v) is 43.0. The molecule has 0 aromatic heterocycles. The summed E-state index contributed by atoms with van der Waals surface area (Å²) in [6, 6.07) is 4.56. The number of aliphatic hydroxyl groups excluding tert-OH is 2. The number of aromatic hydroxyl groups is 1. The van der Waals surface area contributed by atoms with E-state index in [1.54, 1.807) is 64.3 Å². The summed E-state index contributed by atoms with van der Waals surface area (Å²) < 4.78 is 23.2. The van der Waals surface area contributed by atoms with Crippen molar-refractivity contribution >= 4 is 80.6 Å². The second-order valence-electron chi connectivity index (χ2n) is 18.4. The Kier molecular flexibility index (Phi) is 14.7. The number of carboxylic acids is 1. The van der Waals surface area contributed by atoms with E-state index in [9.17, 15) is 72.3 Å². The molecule has 7 amide bonds. The van der Waals surface area contributed by atoms with Gasteiger partial charge in [-0.1, -0.05) is 30.3 Å². The molecule has 23 nitrogen and oxygen atoms in total. The van der Waals surface area contributed by atoms with Gasteiger partial charge >= 0.3 is 41.6 Å². The van der Waals surface area contributed by atoms with Crippen LogP contribution < -0.4 is 55.9 Å². The van der Waals surface area contributed by atoms with Gasteiger partial charge in [-0.15, -0.1) is 11.8 Å². The molecule has 3 aliphatic heterocycles. The summed E-state index contributed by atoms with van der Waals surface area (Å²) in [7, 11) is 2.88. The Morgan fingerprint density at radius 2 is 1.60 bits per heavy atom. The fourth-order valence-corrected chi connectivity index (χ4v) is 12.6. The molecule has 2 aromatic carbocycles. The summed E-state index contributed by atoms with van der Waals surface area (Å²) in [5, 5.41) is 59.9. The van der Waals surface area contributed by atoms with Gasteiger partial charge in [-0.05, 0) is 70.0 Å². The number of urea groups is 2. The maximum atomic E-state index is 13.7. The van der Waals surface area contributed by atoms with Gasteiger partial charge in [0, 0.05) is 36.0 Å². The van der Waals surface area contributed by atoms with Crippen LogP contribution in [-0.4, -0.2) is 177 Å². The Bertz CT molecular complexity index is 2790. The molecule has 370 valence electrons. The molecule has 0 radical (unpaired) electrons. The number of carbonyl (C=O) groups excluding carboxylic acids is 8. The first-order valence-corrected chi connectivity index (χ1v) is 24.1. The van der Waals surface area contributed by atoms with Crippen LogP contribution in [-0.2, 0) is 45.2 Å². The third-order valence-electron chi connectivity index (χ3n) is 13.3. The summed E-state index contributed by atoms with van der Waals surface area (Å²) in [5.74, 6) is -9.27. The number of nitrogens with two attached hydrogens (primary N) is 1. The van der Waals surface area contributed by atoms with Gasteiger partial charge in [-0.25, -0.2) is 27.2 Å². The van der Waals surface area contributed by atoms with Crippen LogP contribution in [0.3, 0.4) is 0 Å². The Hall–Kier alpha value is -5.70. The molecular formula is C44H51N8NaO15S2. The van der Waals surface area contributed by atoms with Crippen LogP contribution in [0.4, 0.5) is 15.3 Å². The zero-order valence-electron chi connectivity index (χ0n) is 39.3. The molecule has 8 atom stereocenters. The minimum atomic E-state index is -3.87. The first-order chi connectivity index (χ1) is 32.1. The first kappa shape index (κ1) is 53.6. The summed E-state index contributed by atoms with van der Waals surface area (Å²) in [6.45, 7) is 2.92. The number of β-lactam (4-membered cyclic amide) rings is 1. The zero-order chi connectivity index (χ0) is 51.1. The summed E-state index contributed by atoms with van der Waals surface area (Å²) >= 11 is 1.22. The van der Waals surface area contributed by atoms with E-state index in [2.05, 4.69) is 10.6 Å². The number of aliphatic hydroxyl groups is 3. The Balaban J connectivity index is 0.000000227. The molecule has 1 saturated carbocycles. The summed E-state index contributed by atoms with van der Waals surface area (Å²) in [4.78, 5) is 107. The molecule has 6 aliphatic rings. The van der Waals surface area contributed by atoms with Crippen molar-refractivity contribution in [3.8, 4) is 5.75 Å². The van der Waals surface area contributed by atoms with E-state index in [0.29, 0.717) is 20.3 Å². The average Bonchev–Trinajstić information content (AvgIpc) is 3.78. The van der Waals surface area contributed by atoms with E-state index in [0.717, 1.165) is 11.9 Å². The van der Waals surface area contributed by atoms with Crippen LogP contribution in [0.15, 0.2) is 59.4 Å². The molecule has 8 rings (SSSR count). The van der Waals surface area contributed by atoms with Crippen LogP contribution >= 0.6 is 11.8 Å². The van der Waals surface area contributed by atoms with Gasteiger partial charge in [0.15, 0.2) is 11.4 Å². The summed E-state index contributed by atoms with van der Waals surface area (Å²) in [5.41, 5.74) is 3.50. The second-order valence-corrected chi connectivity index (χ2v) is 22.1. The predicted molar refractivity (Wildman–Crippen MR) is 243 cm³/mol. The van der Waals surface area contributed by atoms with E-state index in [4.69, 9.17) is 5.73 Å². The molecular weight excluding hydrogens is 968 g/mol. The standard InChI is InChI=1S/C23H27N3O7.C21H25N5O8S2.Na/c1-25(2)12-5-6-13(27)15-10(12)7-9-8-11-17(26(3)4)19(29)16(22(24)32)21(31)23(11,33)20(30)14(9)18(15)28;1-21(2)14(18(29)30)26-16(28)13(17(26)35-21)22-15(27)12(11-7-5-4-6-8-11)23-19(31)24-9-10-25(20(24)32)36(3,33)34;/h5-6,9,11,17,27-28,31,33H,7-8H2,1-4H3,(H2,24,32);4-8,12-14,17H,9-10H2,1-3H3,(H,22,27)(H,23,31)(H,29,30);/q;;+1/p-1/t9-,11-,17-,23-;12-,13-,14+,17-;/m01./s1. The van der Waals surface area contributed by atoms with Gasteiger partial charge in [-0.3, -0.25) is 28.9 Å². The quantitative estimate of drug-likeness (QED) is 0.0707. The maximum absolute atomic E-state index is 13.7. The van der Waals surface area contributed by atoms with Crippen molar-refractivity contribution in [1.82, 2.24) is 29.6 Å². The van der Waals surface area contributed by atoms with Crippen LogP contribution in [0, 0.1) is 11.8 Å². The van der Waals surface area contributed by atoms with Gasteiger partial charge in [0.25, 0.3) is 5.91 Å². The largest absolute Gasteiger partial charge is 1.00 e. The number of likely N-dealkylation sites (N-methyl/N-ethyl adjacent to an activating group) is 1. The van der Waals surface area contributed by atoms with Crippen molar-refractivity contribution < 1.29 is 102 Å². The number of Topliss-reactive ketones (excluding diaryl/α,β-unsaturated/α-hetero) is 2. The Labute approximate surface area is 428 Å². The number of nitrogens with zero attached hydrogens (tertiary/aromatic N) is 5. The second kappa shape index (κ2) is 19.1. The molecule has 0 bridgehead atoms. The number of hydrogen-bond acceptors (Lipinski definition) is 18. The van der Waals surface area contributed by atoms with E-state index in [1.807, 2.05) is 19.0 Å². The minimum Gasteiger partial charge on any atom is -0.548 e. The number of aliphatic carboxylic acids is 1. The molecule has 3 heterocycles. The number of sulfonamides is 1. The minimum absolute atomic E-state index is 0. The average molecular weight is 1020 g/mol. The third-order valence-corrected chi connectivity index (χ3v) is 16.0. The number of phenols is 1. The van der Waals surface area contributed by atoms with Crippen molar-refractivity contribution in [3.63, 3.8) is 0 Å². The third kappa shape index (κ3) is 8.78. The summed E-state index contributed by atoms with van der Waals surface area (Å²) in [6.07, 6.45) is 1.17. The molecule has 26 heteroatoms. The number of phenolic OH excluding ortho intramolecular Hbond substituents is 1. The van der Waals surface area contributed by atoms with E-state index in [1.165, 1.54) is 27.6 Å². The van der Waals surface area contributed by atoms with Crippen molar-refractivity contribution in [1.29, 1.82) is 0 Å². The number of amides is 7. The topological polar surface area (TPSA) is 341 Å². The van der Waals surface area contributed by atoms with Crippen molar-refractivity contribution in [2.45, 2.75) is 66.6 Å². The van der Waals surface area contributed by atoms with Crippen LogP contribution in [0.2, 0.25) is 0 Å². The van der Waals surface area contributed by atoms with E-state index < -0.39 is 126 Å². The predicted octanol–water partition coefficient (Wildman–Crippen LogP) is -4.53. The van der Waals surface area contributed by atoms with Crippen molar-refractivity contribution in [3.05, 3.63) is 76.1 Å². The maximum Gasteiger partial charge on any atom is 1.00 e. The number of thioether (sulfide) groups is 1. The molecule has 2 aromatic rings. The number of carboxylic acid groups (broad SMARTS) is 1. The Morgan fingerprint density at radius 3 is 2.14 bits per heavy atom. The number of nitrogens with one attached hydrogen (secondary N) is 2. The smallest absolute Gasteiger partial charge is 0.548 e. The molecule has 3 saturated heterocycles. The molecule has 0 unspecified atom stereocenters. The number of benzene rings is 2. The Morgan fingerprint density at radius 1 is 0.971 bits per heavy atom. The molecule has 4 fully saturated rings. The number of rotatable bonds is 9. The number of fused-ring (bicyclic) bond motifs is 4. The molecule has 0 spiro atoms. The van der Waals surface area contributed by atoms with Crippen molar-refractivity contribution in [2.24, 2.45) is 17.6 Å². The van der Waals surface area contributed by atoms with E-state index in [-0.39, 0.29) is 72.4 Å². The SMILES string of the molecule is CC1(C)S[C@@H]2[C@H](NC(=O)[C@H](NC(=O)N3CCN(S(C)(=O)=O)C3=O)c3ccccc3)C(=O)N2[C@H]1C(=O)[O-].CN(C)c1ccc(O)c2c1C[C@H]1C[C@H]3[C@H](N(C)C)C(=O)C(C(N)=O)=C(O)[C@@]3(O)C(=O)C1=C2O.[Na+]. The monoisotopic (exact) mass is 1020 g/mol. The van der Waals surface area contributed by atoms with Crippen LogP contribution in [0.5, 0.6) is 5.75 Å². The number of hydrogen-bond donors (Lipinski definition) is 7. The first-order valence-electron chi connectivity index (χ1n) is 21.4. The number of ketones is 2. The number of imide groups is 1. The molecule has 3 aliphatic carbocycles. The molecule has 70 heavy (non-hydrogen) atoms. The van der Waals surface area contributed by atoms with Gasteiger partial charge in [0.05, 0.1) is 43.0 Å². The normalized spacial score (nSPS) is 27.0. The van der Waals surface area contributed by atoms with Gasteiger partial charge in [-0.2, -0.15) is 0 Å². The van der Waals surface area contributed by atoms with Crippen LogP contribution in [0.25, 0.3) is 5.76 Å². The van der Waals surface area contributed by atoms with Gasteiger partial charge < -0.3 is 56.5 Å². The van der Waals surface area contributed by atoms with Crippen LogP contribution in [0.1, 0.15) is 43.0 Å². The van der Waals surface area contributed by atoms with Gasteiger partial charge in [0.1, 0.15) is 40.3 Å². The van der Waals surface area contributed by atoms with Crippen molar-refractivity contribution in [2.75, 3.05) is 52.4 Å². The number of carbonyl (C=O) groups is 8. The number of primary amides is 1.